The van der Waals surface area contributed by atoms with Gasteiger partial charge in [-0.1, -0.05) is 17.9 Å². The van der Waals surface area contributed by atoms with Crippen LogP contribution in [-0.2, 0) is 10.0 Å². The summed E-state index contributed by atoms with van der Waals surface area (Å²) < 4.78 is 26.9. The first kappa shape index (κ1) is 16.7. The van der Waals surface area contributed by atoms with E-state index in [0.717, 1.165) is 0 Å². The molecule has 0 radical (unpaired) electrons. The quantitative estimate of drug-likeness (QED) is 0.765. The van der Waals surface area contributed by atoms with Crippen LogP contribution in [0.25, 0.3) is 0 Å². The molecular formula is C14H20N2O3S. The number of aliphatic hydroxyl groups is 1. The summed E-state index contributed by atoms with van der Waals surface area (Å²) in [6.45, 7) is 2.02. The van der Waals surface area contributed by atoms with Crippen molar-refractivity contribution in [3.63, 3.8) is 0 Å². The largest absolute Gasteiger partial charge is 0.384 e. The van der Waals surface area contributed by atoms with Gasteiger partial charge in [0.25, 0.3) is 0 Å². The molecule has 1 aromatic carbocycles. The van der Waals surface area contributed by atoms with Crippen molar-refractivity contribution in [2.75, 3.05) is 27.2 Å². The highest BCUT2D eigenvalue weighted by Gasteiger charge is 2.15. The number of rotatable bonds is 5. The van der Waals surface area contributed by atoms with Crippen LogP contribution in [0.1, 0.15) is 12.5 Å². The molecule has 0 saturated heterocycles. The molecular weight excluding hydrogens is 276 g/mol. The Morgan fingerprint density at radius 3 is 2.70 bits per heavy atom. The molecule has 6 heteroatoms. The van der Waals surface area contributed by atoms with E-state index in [1.54, 1.807) is 12.1 Å². The molecule has 1 rings (SSSR count). The van der Waals surface area contributed by atoms with E-state index in [1.807, 2.05) is 25.9 Å². The summed E-state index contributed by atoms with van der Waals surface area (Å²) in [6, 6.07) is 6.44. The smallest absolute Gasteiger partial charge is 0.240 e. The Morgan fingerprint density at radius 1 is 1.40 bits per heavy atom. The second-order valence-electron chi connectivity index (χ2n) is 4.65. The van der Waals surface area contributed by atoms with E-state index in [1.165, 1.54) is 12.1 Å². The fourth-order valence-corrected chi connectivity index (χ4v) is 2.55. The number of hydrogen-bond donors (Lipinski definition) is 2. The van der Waals surface area contributed by atoms with Gasteiger partial charge in [0.1, 0.15) is 6.61 Å². The van der Waals surface area contributed by atoms with Gasteiger partial charge in [0.05, 0.1) is 4.90 Å². The number of nitrogens with zero attached hydrogens (tertiary/aromatic N) is 1. The molecule has 0 amide bonds. The predicted molar refractivity (Wildman–Crippen MR) is 78.7 cm³/mol. The normalized spacial score (nSPS) is 12.8. The number of aliphatic hydroxyl groups excluding tert-OH is 1. The van der Waals surface area contributed by atoms with E-state index < -0.39 is 10.0 Å². The highest BCUT2D eigenvalue weighted by atomic mass is 32.2. The lowest BCUT2D eigenvalue weighted by molar-refractivity contribution is 0.314. The van der Waals surface area contributed by atoms with Gasteiger partial charge < -0.3 is 10.0 Å². The maximum Gasteiger partial charge on any atom is 0.240 e. The topological polar surface area (TPSA) is 69.6 Å². The predicted octanol–water partition coefficient (Wildman–Crippen LogP) is 0.259. The fraction of sp³-hybridized carbons (Fsp3) is 0.429. The summed E-state index contributed by atoms with van der Waals surface area (Å²) in [7, 11) is 0.243. The molecule has 0 aliphatic rings. The van der Waals surface area contributed by atoms with Gasteiger partial charge >= 0.3 is 0 Å². The van der Waals surface area contributed by atoms with Crippen molar-refractivity contribution in [2.24, 2.45) is 0 Å². The van der Waals surface area contributed by atoms with Crippen molar-refractivity contribution in [1.29, 1.82) is 0 Å². The molecule has 20 heavy (non-hydrogen) atoms. The molecule has 0 aliphatic heterocycles. The van der Waals surface area contributed by atoms with Crippen molar-refractivity contribution in [3.05, 3.63) is 29.8 Å². The van der Waals surface area contributed by atoms with Crippen molar-refractivity contribution in [2.45, 2.75) is 17.9 Å². The molecule has 0 aliphatic carbocycles. The Balaban J connectivity index is 2.87. The van der Waals surface area contributed by atoms with Crippen LogP contribution in [0, 0.1) is 11.8 Å². The average molecular weight is 296 g/mol. The van der Waals surface area contributed by atoms with Crippen molar-refractivity contribution in [3.8, 4) is 11.8 Å². The molecule has 0 aromatic heterocycles. The lowest BCUT2D eigenvalue weighted by Gasteiger charge is -2.20. The van der Waals surface area contributed by atoms with Crippen LogP contribution in [0.3, 0.4) is 0 Å². The summed E-state index contributed by atoms with van der Waals surface area (Å²) in [5, 5.41) is 8.65. The zero-order chi connectivity index (χ0) is 15.2. The van der Waals surface area contributed by atoms with Crippen LogP contribution in [0.5, 0.6) is 0 Å². The monoisotopic (exact) mass is 296 g/mol. The summed E-state index contributed by atoms with van der Waals surface area (Å²) in [6.07, 6.45) is 0. The van der Waals surface area contributed by atoms with Crippen LogP contribution < -0.4 is 4.72 Å². The van der Waals surface area contributed by atoms with E-state index in [0.29, 0.717) is 12.1 Å². The maximum atomic E-state index is 12.2. The second kappa shape index (κ2) is 7.41. The molecule has 0 heterocycles. The lowest BCUT2D eigenvalue weighted by atomic mass is 10.2. The molecule has 1 unspecified atom stereocenters. The van der Waals surface area contributed by atoms with Crippen molar-refractivity contribution >= 4 is 10.0 Å². The fourth-order valence-electron chi connectivity index (χ4n) is 1.38. The number of nitrogens with one attached hydrogen (secondary N) is 1. The molecule has 2 N–H and O–H groups in total. The number of hydrogen-bond acceptors (Lipinski definition) is 4. The van der Waals surface area contributed by atoms with Crippen LogP contribution in [0.2, 0.25) is 0 Å². The number of sulfonamides is 1. The summed E-state index contributed by atoms with van der Waals surface area (Å²) in [4.78, 5) is 2.11. The van der Waals surface area contributed by atoms with Crippen LogP contribution in [-0.4, -0.2) is 51.7 Å². The SMILES string of the molecule is CC(CNS(=O)(=O)c1cccc(C#CCO)c1)N(C)C. The molecule has 0 bridgehead atoms. The first-order valence-corrected chi connectivity index (χ1v) is 7.71. The van der Waals surface area contributed by atoms with Crippen molar-refractivity contribution in [1.82, 2.24) is 9.62 Å². The zero-order valence-corrected chi connectivity index (χ0v) is 12.7. The zero-order valence-electron chi connectivity index (χ0n) is 11.9. The standard InChI is InChI=1S/C14H20N2O3S/c1-12(16(2)3)11-15-20(18,19)14-8-4-6-13(10-14)7-5-9-17/h4,6,8,10,12,15,17H,9,11H2,1-3H3. The van der Waals surface area contributed by atoms with Crippen LogP contribution in [0.15, 0.2) is 29.2 Å². The minimum absolute atomic E-state index is 0.0992. The van der Waals surface area contributed by atoms with Crippen LogP contribution in [0.4, 0.5) is 0 Å². The molecule has 110 valence electrons. The molecule has 0 fully saturated rings. The van der Waals surface area contributed by atoms with E-state index in [9.17, 15) is 8.42 Å². The molecule has 5 nitrogen and oxygen atoms in total. The van der Waals surface area contributed by atoms with Gasteiger partial charge in [-0.05, 0) is 39.2 Å². The Hall–Kier alpha value is -1.39. The second-order valence-corrected chi connectivity index (χ2v) is 6.42. The lowest BCUT2D eigenvalue weighted by Crippen LogP contribution is -2.38. The highest BCUT2D eigenvalue weighted by Crippen LogP contribution is 2.11. The van der Waals surface area contributed by atoms with E-state index in [4.69, 9.17) is 5.11 Å². The third kappa shape index (κ3) is 4.94. The molecule has 0 saturated carbocycles. The Labute approximate surface area is 120 Å². The molecule has 1 atom stereocenters. The van der Waals surface area contributed by atoms with Gasteiger partial charge in [-0.3, -0.25) is 0 Å². The highest BCUT2D eigenvalue weighted by molar-refractivity contribution is 7.89. The van der Waals surface area contributed by atoms with Gasteiger partial charge in [0, 0.05) is 18.2 Å². The van der Waals surface area contributed by atoms with Gasteiger partial charge in [-0.2, -0.15) is 0 Å². The third-order valence-corrected chi connectivity index (χ3v) is 4.33. The van der Waals surface area contributed by atoms with Gasteiger partial charge in [0.15, 0.2) is 0 Å². The first-order chi connectivity index (χ1) is 9.36. The molecule has 0 spiro atoms. The summed E-state index contributed by atoms with van der Waals surface area (Å²) >= 11 is 0. The maximum absolute atomic E-state index is 12.2. The van der Waals surface area contributed by atoms with Gasteiger partial charge in [-0.25, -0.2) is 13.1 Å². The van der Waals surface area contributed by atoms with E-state index in [-0.39, 0.29) is 17.5 Å². The summed E-state index contributed by atoms with van der Waals surface area (Å²) in [5.74, 6) is 5.18. The Morgan fingerprint density at radius 2 is 2.10 bits per heavy atom. The van der Waals surface area contributed by atoms with E-state index >= 15 is 0 Å². The first-order valence-electron chi connectivity index (χ1n) is 6.22. The van der Waals surface area contributed by atoms with Gasteiger partial charge in [-0.15, -0.1) is 0 Å². The number of likely N-dealkylation sites (N-methyl/N-ethyl adjacent to an activating group) is 1. The Kier molecular flexibility index (Phi) is 6.17. The van der Waals surface area contributed by atoms with Crippen molar-refractivity contribution < 1.29 is 13.5 Å². The third-order valence-electron chi connectivity index (χ3n) is 2.91. The average Bonchev–Trinajstić information content (AvgIpc) is 2.42. The minimum Gasteiger partial charge on any atom is -0.384 e. The number of benzene rings is 1. The van der Waals surface area contributed by atoms with Crippen LogP contribution >= 0.6 is 0 Å². The Bertz CT molecular complexity index is 600. The van der Waals surface area contributed by atoms with E-state index in [2.05, 4.69) is 16.6 Å². The molecule has 1 aromatic rings. The minimum atomic E-state index is -3.54. The van der Waals surface area contributed by atoms with Gasteiger partial charge in [0.2, 0.25) is 10.0 Å². The summed E-state index contributed by atoms with van der Waals surface area (Å²) in [5.41, 5.74) is 0.558.